The molecule has 0 radical (unpaired) electrons. The summed E-state index contributed by atoms with van der Waals surface area (Å²) in [6.07, 6.45) is 12.6. The Kier molecular flexibility index (Phi) is 23.3. The van der Waals surface area contributed by atoms with Crippen molar-refractivity contribution < 1.29 is 18.9 Å². The van der Waals surface area contributed by atoms with E-state index in [1.54, 1.807) is 13.2 Å². The lowest BCUT2D eigenvalue weighted by molar-refractivity contribution is -0.403. The van der Waals surface area contributed by atoms with Crippen LogP contribution in [0.5, 0.6) is 0 Å². The lowest BCUT2D eigenvalue weighted by atomic mass is 9.93. The first-order valence-corrected chi connectivity index (χ1v) is 11.1. The van der Waals surface area contributed by atoms with Crippen molar-refractivity contribution in [3.8, 4) is 0 Å². The van der Waals surface area contributed by atoms with E-state index in [0.717, 1.165) is 25.9 Å². The maximum absolute atomic E-state index is 6.01. The Morgan fingerprint density at radius 1 is 0.778 bits per heavy atom. The van der Waals surface area contributed by atoms with Gasteiger partial charge in [0.05, 0.1) is 0 Å². The van der Waals surface area contributed by atoms with E-state index < -0.39 is 5.97 Å². The minimum atomic E-state index is -0.893. The zero-order valence-corrected chi connectivity index (χ0v) is 19.2. The largest absolute Gasteiger partial charge is 0.385 e. The molecule has 0 bridgehead atoms. The second-order valence-corrected chi connectivity index (χ2v) is 6.70. The summed E-state index contributed by atoms with van der Waals surface area (Å²) < 4.78 is 23.3. The van der Waals surface area contributed by atoms with Crippen LogP contribution in [-0.2, 0) is 18.9 Å². The summed E-state index contributed by atoms with van der Waals surface area (Å²) in [4.78, 5) is 0. The molecule has 0 aliphatic carbocycles. The minimum absolute atomic E-state index is 0.249. The zero-order chi connectivity index (χ0) is 20.8. The highest BCUT2D eigenvalue weighted by molar-refractivity contribution is 4.73. The van der Waals surface area contributed by atoms with Gasteiger partial charge in [-0.2, -0.15) is 0 Å². The predicted molar refractivity (Wildman–Crippen MR) is 116 cm³/mol. The van der Waals surface area contributed by atoms with Crippen LogP contribution in [0.3, 0.4) is 0 Å². The van der Waals surface area contributed by atoms with Gasteiger partial charge in [0.15, 0.2) is 0 Å². The molecule has 164 valence electrons. The third kappa shape index (κ3) is 15.2. The number of ether oxygens (including phenoxy) is 4. The van der Waals surface area contributed by atoms with Gasteiger partial charge < -0.3 is 18.9 Å². The minimum Gasteiger partial charge on any atom is -0.385 e. The van der Waals surface area contributed by atoms with Gasteiger partial charge in [0.25, 0.3) is 5.97 Å². The molecule has 0 rings (SSSR count). The van der Waals surface area contributed by atoms with Crippen molar-refractivity contribution in [2.75, 3.05) is 33.5 Å². The van der Waals surface area contributed by atoms with Crippen molar-refractivity contribution in [1.82, 2.24) is 0 Å². The standard InChI is InChI=1S/C20H42O4.C3H6/c1-6-10-11-12-13-14-16-19(17-15-18-21-5)20(22-7-2,23-8-3)24-9-4;1-3-2/h19H,6-18H2,1-5H3;3H,1H2,2H3. The second kappa shape index (κ2) is 21.9. The summed E-state index contributed by atoms with van der Waals surface area (Å²) >= 11 is 0. The topological polar surface area (TPSA) is 36.9 Å². The molecule has 4 nitrogen and oxygen atoms in total. The van der Waals surface area contributed by atoms with Crippen molar-refractivity contribution in [2.45, 2.75) is 98.4 Å². The van der Waals surface area contributed by atoms with Crippen molar-refractivity contribution in [3.05, 3.63) is 12.7 Å². The Hall–Kier alpha value is -0.420. The fraction of sp³-hybridized carbons (Fsp3) is 0.913. The van der Waals surface area contributed by atoms with Crippen LogP contribution in [0.15, 0.2) is 12.7 Å². The Morgan fingerprint density at radius 3 is 1.67 bits per heavy atom. The molecule has 0 N–H and O–H groups in total. The first kappa shape index (κ1) is 28.8. The van der Waals surface area contributed by atoms with E-state index >= 15 is 0 Å². The van der Waals surface area contributed by atoms with E-state index in [2.05, 4.69) is 13.5 Å². The highest BCUT2D eigenvalue weighted by Gasteiger charge is 2.41. The van der Waals surface area contributed by atoms with Gasteiger partial charge in [-0.25, -0.2) is 0 Å². The molecule has 4 heteroatoms. The maximum Gasteiger partial charge on any atom is 0.285 e. The molecule has 0 aromatic carbocycles. The van der Waals surface area contributed by atoms with Crippen molar-refractivity contribution in [3.63, 3.8) is 0 Å². The highest BCUT2D eigenvalue weighted by atomic mass is 16.9. The summed E-state index contributed by atoms with van der Waals surface area (Å²) in [7, 11) is 1.75. The molecule has 1 unspecified atom stereocenters. The fourth-order valence-corrected chi connectivity index (χ4v) is 3.23. The molecule has 0 aliphatic rings. The second-order valence-electron chi connectivity index (χ2n) is 6.70. The molecule has 0 heterocycles. The Labute approximate surface area is 170 Å². The molecule has 0 saturated carbocycles. The van der Waals surface area contributed by atoms with Crippen LogP contribution in [0, 0.1) is 5.92 Å². The number of hydrogen-bond donors (Lipinski definition) is 0. The number of allylic oxidation sites excluding steroid dienone is 1. The molecular weight excluding hydrogens is 340 g/mol. The fourth-order valence-electron chi connectivity index (χ4n) is 3.23. The molecule has 0 aliphatic heterocycles. The zero-order valence-electron chi connectivity index (χ0n) is 19.2. The van der Waals surface area contributed by atoms with Crippen LogP contribution in [-0.4, -0.2) is 39.5 Å². The molecule has 0 aromatic rings. The van der Waals surface area contributed by atoms with Gasteiger partial charge in [0.2, 0.25) is 0 Å². The van der Waals surface area contributed by atoms with Crippen LogP contribution in [0.4, 0.5) is 0 Å². The van der Waals surface area contributed by atoms with Gasteiger partial charge >= 0.3 is 0 Å². The summed E-state index contributed by atoms with van der Waals surface area (Å²) in [5, 5.41) is 0. The number of methoxy groups -OCH3 is 1. The highest BCUT2D eigenvalue weighted by Crippen LogP contribution is 2.34. The number of hydrogen-bond acceptors (Lipinski definition) is 4. The third-order valence-electron chi connectivity index (χ3n) is 4.34. The average Bonchev–Trinajstić information content (AvgIpc) is 2.64. The van der Waals surface area contributed by atoms with Crippen LogP contribution in [0.1, 0.15) is 92.4 Å². The van der Waals surface area contributed by atoms with Crippen LogP contribution in [0.2, 0.25) is 0 Å². The molecule has 0 fully saturated rings. The van der Waals surface area contributed by atoms with Crippen molar-refractivity contribution in [1.29, 1.82) is 0 Å². The summed E-state index contributed by atoms with van der Waals surface area (Å²) in [5.74, 6) is -0.645. The van der Waals surface area contributed by atoms with E-state index in [1.807, 2.05) is 27.7 Å². The maximum atomic E-state index is 6.01. The molecule has 0 spiro atoms. The van der Waals surface area contributed by atoms with Crippen LogP contribution >= 0.6 is 0 Å². The molecular formula is C23H48O4. The monoisotopic (exact) mass is 388 g/mol. The third-order valence-corrected chi connectivity index (χ3v) is 4.34. The summed E-state index contributed by atoms with van der Waals surface area (Å²) in [5.41, 5.74) is 0. The van der Waals surface area contributed by atoms with E-state index in [4.69, 9.17) is 18.9 Å². The molecule has 0 aromatic heterocycles. The Balaban J connectivity index is 0. The predicted octanol–water partition coefficient (Wildman–Crippen LogP) is 6.74. The van der Waals surface area contributed by atoms with Gasteiger partial charge in [0, 0.05) is 39.5 Å². The van der Waals surface area contributed by atoms with E-state index in [1.165, 1.54) is 38.5 Å². The van der Waals surface area contributed by atoms with E-state index in [-0.39, 0.29) is 5.92 Å². The molecule has 0 saturated heterocycles. The van der Waals surface area contributed by atoms with Gasteiger partial charge in [-0.15, -0.1) is 6.58 Å². The first-order chi connectivity index (χ1) is 13.1. The van der Waals surface area contributed by atoms with Gasteiger partial charge in [-0.3, -0.25) is 0 Å². The Morgan fingerprint density at radius 2 is 1.22 bits per heavy atom. The molecule has 27 heavy (non-hydrogen) atoms. The van der Waals surface area contributed by atoms with Crippen molar-refractivity contribution in [2.24, 2.45) is 5.92 Å². The summed E-state index contributed by atoms with van der Waals surface area (Å²) in [6.45, 7) is 16.1. The lowest BCUT2D eigenvalue weighted by Crippen LogP contribution is -2.47. The van der Waals surface area contributed by atoms with Gasteiger partial charge in [-0.1, -0.05) is 51.5 Å². The van der Waals surface area contributed by atoms with Gasteiger partial charge in [-0.05, 0) is 47.0 Å². The summed E-state index contributed by atoms with van der Waals surface area (Å²) in [6, 6.07) is 0. The molecule has 0 amide bonds. The molecule has 1 atom stereocenters. The smallest absolute Gasteiger partial charge is 0.285 e. The van der Waals surface area contributed by atoms with Crippen LogP contribution < -0.4 is 0 Å². The normalized spacial score (nSPS) is 12.4. The number of rotatable bonds is 18. The quantitative estimate of drug-likeness (QED) is 0.148. The lowest BCUT2D eigenvalue weighted by Gasteiger charge is -2.39. The van der Waals surface area contributed by atoms with Crippen LogP contribution in [0.25, 0.3) is 0 Å². The van der Waals surface area contributed by atoms with Crippen molar-refractivity contribution >= 4 is 0 Å². The van der Waals surface area contributed by atoms with E-state index in [0.29, 0.717) is 19.8 Å². The van der Waals surface area contributed by atoms with Gasteiger partial charge in [0.1, 0.15) is 0 Å². The Bertz CT molecular complexity index is 277. The first-order valence-electron chi connectivity index (χ1n) is 11.1. The number of unbranched alkanes of at least 4 members (excludes halogenated alkanes) is 5. The van der Waals surface area contributed by atoms with E-state index in [9.17, 15) is 0 Å². The average molecular weight is 389 g/mol. The SMILES string of the molecule is C=CC.CCCCCCCCC(CCCOC)C(OCC)(OCC)OCC.